The first-order valence-electron chi connectivity index (χ1n) is 10.0. The van der Waals surface area contributed by atoms with Crippen LogP contribution in [0.3, 0.4) is 0 Å². The molecule has 0 spiro atoms. The molecule has 1 radical (unpaired) electrons. The second kappa shape index (κ2) is 7.52. The van der Waals surface area contributed by atoms with Crippen LogP contribution in [-0.2, 0) is 5.54 Å². The van der Waals surface area contributed by atoms with E-state index in [9.17, 15) is 0 Å². The lowest BCUT2D eigenvalue weighted by molar-refractivity contribution is 0.357. The average molecular weight is 407 g/mol. The Hall–Kier alpha value is -3.27. The van der Waals surface area contributed by atoms with Crippen molar-refractivity contribution < 1.29 is 0 Å². The zero-order valence-electron chi connectivity index (χ0n) is 16.8. The molecule has 1 aliphatic rings. The van der Waals surface area contributed by atoms with E-state index in [1.807, 2.05) is 6.34 Å². The number of quaternary nitrogens is 1. The van der Waals surface area contributed by atoms with Gasteiger partial charge in [-0.05, 0) is 12.3 Å². The first kappa shape index (κ1) is 18.7. The smallest absolute Gasteiger partial charge is 0.201 e. The fourth-order valence-corrected chi connectivity index (χ4v) is 5.57. The number of aliphatic imine (C=N–C) groups is 1. The van der Waals surface area contributed by atoms with Gasteiger partial charge in [0.05, 0.1) is 5.38 Å². The number of aryl methyl sites for hydroxylation is 1. The van der Waals surface area contributed by atoms with Gasteiger partial charge in [-0.3, -0.25) is 0 Å². The molecule has 4 aromatic rings. The number of hydrogen-bond donors (Lipinski definition) is 0. The first-order valence-corrected chi connectivity index (χ1v) is 11.0. The standard InChI is InChI=1S/C27H22N2S/c1-22-19-30-20-26(22)29(18-17-28-21-29)27(23-11-5-2-6-12-23,24-13-7-3-8-14-24)25-15-9-4-10-16-25/h2-16,18-21H,1H3/q+1. The SMILES string of the molecule is Cc1cscc1[N+]1(C(c2ccccc2)(c2ccccc2)c2ccccc2)C=[C]N=C1. The van der Waals surface area contributed by atoms with Gasteiger partial charge < -0.3 is 0 Å². The quantitative estimate of drug-likeness (QED) is 0.259. The van der Waals surface area contributed by atoms with Crippen LogP contribution in [-0.4, -0.2) is 6.34 Å². The van der Waals surface area contributed by atoms with Gasteiger partial charge in [-0.15, -0.1) is 11.3 Å². The number of rotatable bonds is 5. The van der Waals surface area contributed by atoms with E-state index >= 15 is 0 Å². The molecule has 0 saturated carbocycles. The number of thiophene rings is 1. The Labute approximate surface area is 181 Å². The van der Waals surface area contributed by atoms with Crippen molar-refractivity contribution in [2.24, 2.45) is 4.99 Å². The predicted octanol–water partition coefficient (Wildman–Crippen LogP) is 6.67. The van der Waals surface area contributed by atoms with Crippen LogP contribution in [0.5, 0.6) is 0 Å². The van der Waals surface area contributed by atoms with Crippen molar-refractivity contribution >= 4 is 23.4 Å². The highest BCUT2D eigenvalue weighted by atomic mass is 32.1. The number of benzene rings is 3. The molecule has 3 aromatic carbocycles. The van der Waals surface area contributed by atoms with Crippen LogP contribution in [0.1, 0.15) is 22.3 Å². The van der Waals surface area contributed by atoms with Crippen molar-refractivity contribution in [1.29, 1.82) is 0 Å². The molecule has 0 saturated heterocycles. The molecule has 5 rings (SSSR count). The van der Waals surface area contributed by atoms with E-state index in [0.717, 1.165) is 0 Å². The molecule has 0 bridgehead atoms. The summed E-state index contributed by atoms with van der Waals surface area (Å²) in [5.41, 5.74) is 5.53. The van der Waals surface area contributed by atoms with Crippen molar-refractivity contribution in [3.8, 4) is 0 Å². The Morgan fingerprint density at radius 3 is 1.60 bits per heavy atom. The van der Waals surface area contributed by atoms with Crippen molar-refractivity contribution in [2.45, 2.75) is 12.5 Å². The van der Waals surface area contributed by atoms with Gasteiger partial charge in [0, 0.05) is 22.3 Å². The van der Waals surface area contributed by atoms with Gasteiger partial charge in [-0.2, -0.15) is 4.99 Å². The highest BCUT2D eigenvalue weighted by Gasteiger charge is 2.57. The summed E-state index contributed by atoms with van der Waals surface area (Å²) in [6.07, 6.45) is 7.29. The molecule has 1 atom stereocenters. The van der Waals surface area contributed by atoms with E-state index in [4.69, 9.17) is 0 Å². The molecule has 30 heavy (non-hydrogen) atoms. The number of nitrogens with zero attached hydrogens (tertiary/aromatic N) is 2. The van der Waals surface area contributed by atoms with Gasteiger partial charge in [0.2, 0.25) is 6.34 Å². The van der Waals surface area contributed by atoms with Gasteiger partial charge in [0.25, 0.3) is 0 Å². The highest BCUT2D eigenvalue weighted by Crippen LogP contribution is 2.51. The fraction of sp³-hybridized carbons (Fsp3) is 0.0741. The molecule has 145 valence electrons. The van der Waals surface area contributed by atoms with Crippen LogP contribution in [0.25, 0.3) is 0 Å². The highest BCUT2D eigenvalue weighted by molar-refractivity contribution is 7.08. The van der Waals surface area contributed by atoms with Gasteiger partial charge >= 0.3 is 0 Å². The monoisotopic (exact) mass is 406 g/mol. The van der Waals surface area contributed by atoms with Crippen LogP contribution < -0.4 is 4.48 Å². The van der Waals surface area contributed by atoms with Crippen molar-refractivity contribution in [1.82, 2.24) is 4.48 Å². The van der Waals surface area contributed by atoms with Crippen LogP contribution in [0.15, 0.2) is 113 Å². The van der Waals surface area contributed by atoms with E-state index in [0.29, 0.717) is 4.48 Å². The minimum absolute atomic E-state index is 0.431. The van der Waals surface area contributed by atoms with Crippen LogP contribution in [0.4, 0.5) is 5.69 Å². The molecule has 1 aliphatic heterocycles. The third kappa shape index (κ3) is 2.63. The van der Waals surface area contributed by atoms with E-state index in [1.54, 1.807) is 11.3 Å². The molecule has 2 heterocycles. The van der Waals surface area contributed by atoms with Gasteiger partial charge in [-0.25, -0.2) is 4.48 Å². The minimum Gasteiger partial charge on any atom is -0.204 e. The van der Waals surface area contributed by atoms with E-state index in [-0.39, 0.29) is 0 Å². The minimum atomic E-state index is -0.553. The summed E-state index contributed by atoms with van der Waals surface area (Å²) in [7, 11) is 0. The van der Waals surface area contributed by atoms with E-state index in [2.05, 4.69) is 126 Å². The molecule has 0 fully saturated rings. The normalized spacial score (nSPS) is 18.0. The molecule has 0 amide bonds. The van der Waals surface area contributed by atoms with E-state index in [1.165, 1.54) is 27.9 Å². The second-order valence-electron chi connectivity index (χ2n) is 7.53. The molecule has 2 nitrogen and oxygen atoms in total. The maximum Gasteiger partial charge on any atom is 0.201 e. The molecule has 1 unspecified atom stereocenters. The molecular weight excluding hydrogens is 384 g/mol. The predicted molar refractivity (Wildman–Crippen MR) is 126 cm³/mol. The maximum atomic E-state index is 4.52. The fourth-order valence-electron chi connectivity index (χ4n) is 4.69. The third-order valence-corrected chi connectivity index (χ3v) is 6.78. The third-order valence-electron chi connectivity index (χ3n) is 5.93. The topological polar surface area (TPSA) is 12.4 Å². The van der Waals surface area contributed by atoms with Crippen molar-refractivity contribution in [3.63, 3.8) is 0 Å². The van der Waals surface area contributed by atoms with Crippen LogP contribution in [0, 0.1) is 13.1 Å². The van der Waals surface area contributed by atoms with Crippen molar-refractivity contribution in [2.75, 3.05) is 0 Å². The van der Waals surface area contributed by atoms with Gasteiger partial charge in [-0.1, -0.05) is 91.0 Å². The molecule has 3 heteroatoms. The Kier molecular flexibility index (Phi) is 4.70. The maximum absolute atomic E-state index is 4.52. The summed E-state index contributed by atoms with van der Waals surface area (Å²) >= 11 is 1.73. The molecule has 0 N–H and O–H groups in total. The lowest BCUT2D eigenvalue weighted by Gasteiger charge is -2.47. The lowest BCUT2D eigenvalue weighted by Crippen LogP contribution is -2.60. The largest absolute Gasteiger partial charge is 0.204 e. The second-order valence-corrected chi connectivity index (χ2v) is 8.27. The lowest BCUT2D eigenvalue weighted by atomic mass is 9.73. The Balaban J connectivity index is 1.98. The average Bonchev–Trinajstić information content (AvgIpc) is 3.47. The zero-order valence-corrected chi connectivity index (χ0v) is 17.6. The van der Waals surface area contributed by atoms with Crippen LogP contribution in [0.2, 0.25) is 0 Å². The Morgan fingerprint density at radius 1 is 0.733 bits per heavy atom. The summed E-state index contributed by atoms with van der Waals surface area (Å²) in [6.45, 7) is 2.18. The zero-order chi connectivity index (χ0) is 20.4. The van der Waals surface area contributed by atoms with E-state index < -0.39 is 5.54 Å². The Bertz CT molecular complexity index is 1080. The number of hydrogen-bond acceptors (Lipinski definition) is 2. The summed E-state index contributed by atoms with van der Waals surface area (Å²) in [5, 5.41) is 4.45. The summed E-state index contributed by atoms with van der Waals surface area (Å²) in [4.78, 5) is 4.52. The first-order chi connectivity index (χ1) is 14.8. The summed E-state index contributed by atoms with van der Waals surface area (Å²) in [6, 6.07) is 32.3. The summed E-state index contributed by atoms with van der Waals surface area (Å²) < 4.78 is 0.431. The molecular formula is C27H22N2S+. The summed E-state index contributed by atoms with van der Waals surface area (Å²) in [5.74, 6) is 0. The van der Waals surface area contributed by atoms with Gasteiger partial charge in [0.1, 0.15) is 6.20 Å². The molecule has 1 aromatic heterocycles. The van der Waals surface area contributed by atoms with Gasteiger partial charge in [0.15, 0.2) is 17.4 Å². The molecule has 0 aliphatic carbocycles. The van der Waals surface area contributed by atoms with Crippen molar-refractivity contribution in [3.05, 3.63) is 136 Å². The van der Waals surface area contributed by atoms with Crippen LogP contribution >= 0.6 is 11.3 Å². The Morgan fingerprint density at radius 2 is 1.23 bits per heavy atom.